The van der Waals surface area contributed by atoms with Gasteiger partial charge in [-0.05, 0) is 25.5 Å². The van der Waals surface area contributed by atoms with Crippen LogP contribution in [0.4, 0.5) is 20.4 Å². The maximum absolute atomic E-state index is 15.1. The van der Waals surface area contributed by atoms with E-state index in [-0.39, 0.29) is 31.1 Å². The van der Waals surface area contributed by atoms with E-state index in [4.69, 9.17) is 19.6 Å². The molecule has 2 N–H and O–H groups in total. The average Bonchev–Trinajstić information content (AvgIpc) is 3.27. The minimum atomic E-state index is -0.735. The van der Waals surface area contributed by atoms with Gasteiger partial charge in [0.05, 0.1) is 26.5 Å². The molecule has 0 fully saturated rings. The molecule has 3 heterocycles. The second-order valence-electron chi connectivity index (χ2n) is 8.94. The van der Waals surface area contributed by atoms with Crippen molar-refractivity contribution in [3.8, 4) is 22.9 Å². The number of aromatic nitrogens is 5. The number of benzene rings is 2. The Morgan fingerprint density at radius 3 is 2.52 bits per heavy atom. The van der Waals surface area contributed by atoms with Gasteiger partial charge in [-0.15, -0.1) is 0 Å². The zero-order valence-corrected chi connectivity index (χ0v) is 22.3. The van der Waals surface area contributed by atoms with Crippen molar-refractivity contribution in [2.24, 2.45) is 0 Å². The summed E-state index contributed by atoms with van der Waals surface area (Å²) in [5.74, 6) is 0.965. The number of rotatable bonds is 10. The molecule has 0 saturated carbocycles. The highest BCUT2D eigenvalue weighted by Crippen LogP contribution is 2.37. The summed E-state index contributed by atoms with van der Waals surface area (Å²) in [7, 11) is 1.53. The highest BCUT2D eigenvalue weighted by Gasteiger charge is 2.23. The molecule has 5 rings (SSSR count). The van der Waals surface area contributed by atoms with E-state index in [0.29, 0.717) is 35.5 Å². The topological polar surface area (TPSA) is 107 Å². The number of aliphatic hydroxyl groups is 1. The summed E-state index contributed by atoms with van der Waals surface area (Å²) in [6.45, 7) is 3.39. The zero-order valence-electron chi connectivity index (χ0n) is 22.3. The van der Waals surface area contributed by atoms with Crippen LogP contribution in [-0.4, -0.2) is 49.9 Å². The molecule has 5 aromatic rings. The summed E-state index contributed by atoms with van der Waals surface area (Å²) in [5.41, 5.74) is 2.26. The normalized spacial score (nSPS) is 11.2. The first-order valence-electron chi connectivity index (χ1n) is 12.7. The first-order valence-corrected chi connectivity index (χ1v) is 12.7. The molecule has 2 aromatic carbocycles. The molecule has 11 heteroatoms. The van der Waals surface area contributed by atoms with Crippen molar-refractivity contribution in [2.75, 3.05) is 25.6 Å². The Balaban J connectivity index is 1.62. The number of methoxy groups -OCH3 is 1. The maximum Gasteiger partial charge on any atom is 0.179 e. The second kappa shape index (κ2) is 11.6. The van der Waals surface area contributed by atoms with Gasteiger partial charge in [0.1, 0.15) is 35.6 Å². The second-order valence-corrected chi connectivity index (χ2v) is 8.94. The Morgan fingerprint density at radius 1 is 1.05 bits per heavy atom. The fourth-order valence-electron chi connectivity index (χ4n) is 4.67. The summed E-state index contributed by atoms with van der Waals surface area (Å²) < 4.78 is 42.8. The maximum atomic E-state index is 15.1. The molecule has 0 aliphatic heterocycles. The average molecular weight is 547 g/mol. The number of halogens is 2. The Hall–Kier alpha value is -4.64. The Labute approximate surface area is 229 Å². The number of aliphatic hydroxyl groups excluding tert-OH is 1. The molecule has 0 bridgehead atoms. The van der Waals surface area contributed by atoms with Gasteiger partial charge in [0, 0.05) is 46.1 Å². The van der Waals surface area contributed by atoms with Crippen LogP contribution in [0.1, 0.15) is 24.0 Å². The molecule has 3 aromatic heterocycles. The number of hydrogen-bond acceptors (Lipinski definition) is 8. The van der Waals surface area contributed by atoms with Crippen molar-refractivity contribution in [3.63, 3.8) is 0 Å². The van der Waals surface area contributed by atoms with Crippen LogP contribution in [0.3, 0.4) is 0 Å². The van der Waals surface area contributed by atoms with Crippen LogP contribution in [0, 0.1) is 18.6 Å². The van der Waals surface area contributed by atoms with Crippen molar-refractivity contribution in [1.29, 1.82) is 0 Å². The predicted molar refractivity (Wildman–Crippen MR) is 147 cm³/mol. The number of anilines is 2. The van der Waals surface area contributed by atoms with E-state index >= 15 is 8.78 Å². The molecule has 0 unspecified atom stereocenters. The summed E-state index contributed by atoms with van der Waals surface area (Å²) in [5, 5.41) is 13.0. The van der Waals surface area contributed by atoms with Crippen molar-refractivity contribution in [2.45, 2.75) is 26.8 Å². The molecule has 0 spiro atoms. The number of para-hydroxylation sites is 1. The van der Waals surface area contributed by atoms with Crippen molar-refractivity contribution in [3.05, 3.63) is 83.6 Å². The van der Waals surface area contributed by atoms with Gasteiger partial charge in [-0.3, -0.25) is 0 Å². The molecule has 9 nitrogen and oxygen atoms in total. The van der Waals surface area contributed by atoms with Gasteiger partial charge in [-0.25, -0.2) is 28.7 Å². The van der Waals surface area contributed by atoms with E-state index in [0.717, 1.165) is 34.3 Å². The number of aryl methyl sites for hydroxylation is 1. The summed E-state index contributed by atoms with van der Waals surface area (Å²) in [6.07, 6.45) is 3.77. The fourth-order valence-corrected chi connectivity index (χ4v) is 4.67. The molecule has 0 aliphatic rings. The molecule has 0 aliphatic carbocycles. The number of fused-ring (bicyclic) bond motifs is 1. The quantitative estimate of drug-likeness (QED) is 0.246. The van der Waals surface area contributed by atoms with E-state index in [1.54, 1.807) is 25.4 Å². The number of ether oxygens (including phenoxy) is 2. The van der Waals surface area contributed by atoms with E-state index in [1.165, 1.54) is 7.11 Å². The first kappa shape index (κ1) is 26.9. The van der Waals surface area contributed by atoms with E-state index in [9.17, 15) is 0 Å². The van der Waals surface area contributed by atoms with Gasteiger partial charge in [-0.1, -0.05) is 25.1 Å². The summed E-state index contributed by atoms with van der Waals surface area (Å²) in [4.78, 5) is 17.9. The third-order valence-corrected chi connectivity index (χ3v) is 6.43. The lowest BCUT2D eigenvalue weighted by Gasteiger charge is -2.14. The lowest BCUT2D eigenvalue weighted by molar-refractivity contribution is 0.200. The van der Waals surface area contributed by atoms with Crippen molar-refractivity contribution < 1.29 is 23.4 Å². The lowest BCUT2D eigenvalue weighted by Crippen LogP contribution is -2.09. The summed E-state index contributed by atoms with van der Waals surface area (Å²) >= 11 is 0. The van der Waals surface area contributed by atoms with E-state index in [1.807, 2.05) is 35.8 Å². The van der Waals surface area contributed by atoms with Crippen molar-refractivity contribution in [1.82, 2.24) is 24.5 Å². The lowest BCUT2D eigenvalue weighted by atomic mass is 10.1. The molecular weight excluding hydrogens is 518 g/mol. The highest BCUT2D eigenvalue weighted by atomic mass is 19.1. The van der Waals surface area contributed by atoms with Gasteiger partial charge < -0.3 is 24.5 Å². The molecular formula is C29H28F2N6O3. The van der Waals surface area contributed by atoms with Gasteiger partial charge >= 0.3 is 0 Å². The fraction of sp³-hybridized carbons (Fsp3) is 0.241. The largest absolute Gasteiger partial charge is 0.491 e. The highest BCUT2D eigenvalue weighted by molar-refractivity contribution is 5.97. The van der Waals surface area contributed by atoms with Crippen molar-refractivity contribution >= 4 is 22.5 Å². The monoisotopic (exact) mass is 546 g/mol. The third kappa shape index (κ3) is 5.28. The predicted octanol–water partition coefficient (Wildman–Crippen LogP) is 5.21. The smallest absolute Gasteiger partial charge is 0.179 e. The van der Waals surface area contributed by atoms with Crippen LogP contribution in [0.25, 0.3) is 22.3 Å². The molecule has 0 saturated heterocycles. The van der Waals surface area contributed by atoms with Gasteiger partial charge in [0.15, 0.2) is 17.4 Å². The van der Waals surface area contributed by atoms with E-state index in [2.05, 4.69) is 20.3 Å². The van der Waals surface area contributed by atoms with Crippen LogP contribution in [0.2, 0.25) is 0 Å². The number of hydrogen-bond donors (Lipinski definition) is 2. The first-order chi connectivity index (χ1) is 19.4. The Kier molecular flexibility index (Phi) is 7.83. The molecule has 0 amide bonds. The molecule has 206 valence electrons. The minimum Gasteiger partial charge on any atom is -0.491 e. The Morgan fingerprint density at radius 2 is 1.82 bits per heavy atom. The van der Waals surface area contributed by atoms with Crippen LogP contribution in [0.15, 0.2) is 54.9 Å². The van der Waals surface area contributed by atoms with Gasteiger partial charge in [-0.2, -0.15) is 0 Å². The SMILES string of the molecule is CCc1c(-c2ncc(OC)c(Nc3ccnc(C)n3)n2)c2ccccc2n1Cc1c(F)cc(OCCO)cc1F. The number of nitrogens with zero attached hydrogens (tertiary/aromatic N) is 5. The van der Waals surface area contributed by atoms with Crippen LogP contribution >= 0.6 is 0 Å². The third-order valence-electron chi connectivity index (χ3n) is 6.43. The summed E-state index contributed by atoms with van der Waals surface area (Å²) in [6, 6.07) is 11.6. The number of nitrogens with one attached hydrogen (secondary N) is 1. The molecule has 0 atom stereocenters. The standard InChI is InChI=1S/C29H28F2N6O3/c1-4-23-27(29-33-15-25(39-3)28(36-29)35-26-9-10-32-17(2)34-26)19-7-5-6-8-24(19)37(23)16-20-21(30)13-18(14-22(20)31)40-12-11-38/h5-10,13-15,38H,4,11-12,16H2,1-3H3,(H,32,33,34,35,36). The molecule has 0 radical (unpaired) electrons. The van der Waals surface area contributed by atoms with Crippen LogP contribution in [0.5, 0.6) is 11.5 Å². The van der Waals surface area contributed by atoms with Gasteiger partial charge in [0.25, 0.3) is 0 Å². The molecule has 40 heavy (non-hydrogen) atoms. The Bertz CT molecular complexity index is 1650. The van der Waals surface area contributed by atoms with Crippen LogP contribution in [-0.2, 0) is 13.0 Å². The van der Waals surface area contributed by atoms with Crippen LogP contribution < -0.4 is 14.8 Å². The van der Waals surface area contributed by atoms with Gasteiger partial charge in [0.2, 0.25) is 0 Å². The zero-order chi connectivity index (χ0) is 28.2. The minimum absolute atomic E-state index is 0.0205. The van der Waals surface area contributed by atoms with E-state index < -0.39 is 11.6 Å².